The van der Waals surface area contributed by atoms with Crippen molar-refractivity contribution < 1.29 is 9.53 Å². The van der Waals surface area contributed by atoms with Crippen LogP contribution >= 0.6 is 11.8 Å². The topological polar surface area (TPSA) is 69.0 Å². The van der Waals surface area contributed by atoms with Crippen LogP contribution in [0, 0.1) is 5.92 Å². The number of thioether (sulfide) groups is 1. The third-order valence-electron chi connectivity index (χ3n) is 4.73. The third kappa shape index (κ3) is 6.47. The lowest BCUT2D eigenvalue weighted by molar-refractivity contribution is -0.119. The highest BCUT2D eigenvalue weighted by molar-refractivity contribution is 7.99. The van der Waals surface area contributed by atoms with Crippen molar-refractivity contribution in [1.82, 2.24) is 20.1 Å². The van der Waals surface area contributed by atoms with Gasteiger partial charge in [0, 0.05) is 12.1 Å². The van der Waals surface area contributed by atoms with Crippen molar-refractivity contribution in [2.45, 2.75) is 38.5 Å². The van der Waals surface area contributed by atoms with Crippen molar-refractivity contribution >= 4 is 17.7 Å². The Morgan fingerprint density at radius 1 is 1.12 bits per heavy atom. The van der Waals surface area contributed by atoms with E-state index in [0.717, 1.165) is 22.7 Å². The molecule has 168 valence electrons. The maximum atomic E-state index is 12.5. The Morgan fingerprint density at radius 3 is 2.50 bits per heavy atom. The van der Waals surface area contributed by atoms with E-state index >= 15 is 0 Å². The Morgan fingerprint density at radius 2 is 1.84 bits per heavy atom. The highest BCUT2D eigenvalue weighted by Crippen LogP contribution is 2.26. The van der Waals surface area contributed by atoms with Crippen LogP contribution in [0.15, 0.2) is 72.4 Å². The SMILES string of the molecule is C=CCn1c(SCC(=O)NC(C)c2ccccc2)nnc1-c1ccc(OCC(C)C)cc1. The molecular weight excluding hydrogens is 420 g/mol. The predicted molar refractivity (Wildman–Crippen MR) is 130 cm³/mol. The molecule has 1 amide bonds. The molecule has 0 aliphatic carbocycles. The number of rotatable bonds is 11. The van der Waals surface area contributed by atoms with Crippen LogP contribution in [0.1, 0.15) is 32.4 Å². The molecule has 3 aromatic rings. The minimum absolute atomic E-state index is 0.0484. The quantitative estimate of drug-likeness (QED) is 0.324. The number of hydrogen-bond donors (Lipinski definition) is 1. The largest absolute Gasteiger partial charge is 0.493 e. The van der Waals surface area contributed by atoms with Crippen molar-refractivity contribution in [3.05, 3.63) is 72.8 Å². The van der Waals surface area contributed by atoms with Crippen LogP contribution in [0.2, 0.25) is 0 Å². The van der Waals surface area contributed by atoms with Gasteiger partial charge in [0.1, 0.15) is 5.75 Å². The highest BCUT2D eigenvalue weighted by Gasteiger charge is 2.16. The summed E-state index contributed by atoms with van der Waals surface area (Å²) in [7, 11) is 0. The molecule has 0 aliphatic heterocycles. The number of carbonyl (C=O) groups is 1. The van der Waals surface area contributed by atoms with Gasteiger partial charge in [0.15, 0.2) is 11.0 Å². The second-order valence-electron chi connectivity index (χ2n) is 7.92. The lowest BCUT2D eigenvalue weighted by Gasteiger charge is -2.14. The van der Waals surface area contributed by atoms with E-state index in [1.807, 2.05) is 66.1 Å². The van der Waals surface area contributed by atoms with Crippen molar-refractivity contribution in [2.75, 3.05) is 12.4 Å². The first-order chi connectivity index (χ1) is 15.5. The lowest BCUT2D eigenvalue weighted by Crippen LogP contribution is -2.28. The van der Waals surface area contributed by atoms with Crippen LogP contribution in [0.5, 0.6) is 5.75 Å². The first-order valence-corrected chi connectivity index (χ1v) is 11.7. The highest BCUT2D eigenvalue weighted by atomic mass is 32.2. The van der Waals surface area contributed by atoms with Gasteiger partial charge in [-0.25, -0.2) is 0 Å². The molecule has 0 bridgehead atoms. The number of ether oxygens (including phenoxy) is 1. The van der Waals surface area contributed by atoms with Crippen LogP contribution < -0.4 is 10.1 Å². The van der Waals surface area contributed by atoms with Gasteiger partial charge in [-0.1, -0.05) is 62.0 Å². The number of nitrogens with zero attached hydrogens (tertiary/aromatic N) is 3. The number of carbonyl (C=O) groups excluding carboxylic acids is 1. The Kier molecular flexibility index (Phi) is 8.50. The van der Waals surface area contributed by atoms with E-state index in [-0.39, 0.29) is 17.7 Å². The molecule has 2 aromatic carbocycles. The molecule has 3 rings (SSSR count). The summed E-state index contributed by atoms with van der Waals surface area (Å²) in [6.07, 6.45) is 1.80. The van der Waals surface area contributed by atoms with Gasteiger partial charge in [-0.15, -0.1) is 16.8 Å². The van der Waals surface area contributed by atoms with Gasteiger partial charge in [-0.05, 0) is 42.7 Å². The molecule has 1 unspecified atom stereocenters. The lowest BCUT2D eigenvalue weighted by atomic mass is 10.1. The normalized spacial score (nSPS) is 11.9. The number of aromatic nitrogens is 3. The fraction of sp³-hybridized carbons (Fsp3) is 0.320. The minimum Gasteiger partial charge on any atom is -0.493 e. The summed E-state index contributed by atoms with van der Waals surface area (Å²) in [5.74, 6) is 2.25. The van der Waals surface area contributed by atoms with Crippen molar-refractivity contribution in [1.29, 1.82) is 0 Å². The van der Waals surface area contributed by atoms with Crippen LogP contribution in [0.3, 0.4) is 0 Å². The zero-order chi connectivity index (χ0) is 22.9. The summed E-state index contributed by atoms with van der Waals surface area (Å²) in [5.41, 5.74) is 2.01. The number of hydrogen-bond acceptors (Lipinski definition) is 5. The molecule has 0 saturated heterocycles. The zero-order valence-electron chi connectivity index (χ0n) is 18.8. The Labute approximate surface area is 194 Å². The van der Waals surface area contributed by atoms with Crippen LogP contribution in [-0.4, -0.2) is 33.0 Å². The summed E-state index contributed by atoms with van der Waals surface area (Å²) in [5, 5.41) is 12.4. The van der Waals surface area contributed by atoms with Crippen molar-refractivity contribution in [3.63, 3.8) is 0 Å². The van der Waals surface area contributed by atoms with Gasteiger partial charge in [0.2, 0.25) is 5.91 Å². The molecule has 32 heavy (non-hydrogen) atoms. The van der Waals surface area contributed by atoms with Crippen LogP contribution in [0.4, 0.5) is 0 Å². The molecule has 1 aromatic heterocycles. The van der Waals surface area contributed by atoms with Crippen LogP contribution in [-0.2, 0) is 11.3 Å². The molecule has 1 heterocycles. The smallest absolute Gasteiger partial charge is 0.230 e. The summed E-state index contributed by atoms with van der Waals surface area (Å²) in [6, 6.07) is 17.7. The van der Waals surface area contributed by atoms with Gasteiger partial charge < -0.3 is 10.1 Å². The molecule has 0 radical (unpaired) electrons. The zero-order valence-corrected chi connectivity index (χ0v) is 19.6. The molecule has 1 N–H and O–H groups in total. The van der Waals surface area contributed by atoms with Gasteiger partial charge in [0.25, 0.3) is 0 Å². The van der Waals surface area contributed by atoms with Gasteiger partial charge in [-0.2, -0.15) is 0 Å². The Hall–Kier alpha value is -3.06. The van der Waals surface area contributed by atoms with E-state index in [0.29, 0.717) is 24.2 Å². The molecular formula is C25H30N4O2S. The number of benzene rings is 2. The maximum Gasteiger partial charge on any atom is 0.230 e. The summed E-state index contributed by atoms with van der Waals surface area (Å²) in [6.45, 7) is 11.3. The summed E-state index contributed by atoms with van der Waals surface area (Å²) < 4.78 is 7.73. The monoisotopic (exact) mass is 450 g/mol. The molecule has 1 atom stereocenters. The fourth-order valence-electron chi connectivity index (χ4n) is 3.10. The van der Waals surface area contributed by atoms with Gasteiger partial charge in [0.05, 0.1) is 18.4 Å². The Balaban J connectivity index is 1.65. The Bertz CT molecular complexity index is 1020. The molecule has 0 aliphatic rings. The summed E-state index contributed by atoms with van der Waals surface area (Å²) in [4.78, 5) is 12.5. The number of allylic oxidation sites excluding steroid dienone is 1. The van der Waals surface area contributed by atoms with E-state index in [9.17, 15) is 4.79 Å². The third-order valence-corrected chi connectivity index (χ3v) is 5.70. The number of amides is 1. The van der Waals surface area contributed by atoms with E-state index in [4.69, 9.17) is 4.74 Å². The maximum absolute atomic E-state index is 12.5. The number of nitrogens with one attached hydrogen (secondary N) is 1. The molecule has 0 fully saturated rings. The van der Waals surface area contributed by atoms with Gasteiger partial charge >= 0.3 is 0 Å². The first kappa shape index (κ1) is 23.6. The van der Waals surface area contributed by atoms with Crippen molar-refractivity contribution in [3.8, 4) is 17.1 Å². The second-order valence-corrected chi connectivity index (χ2v) is 8.87. The molecule has 7 heteroatoms. The molecule has 6 nitrogen and oxygen atoms in total. The predicted octanol–water partition coefficient (Wildman–Crippen LogP) is 5.14. The van der Waals surface area contributed by atoms with E-state index < -0.39 is 0 Å². The van der Waals surface area contributed by atoms with Gasteiger partial charge in [-0.3, -0.25) is 9.36 Å². The standard InChI is InChI=1S/C25H30N4O2S/c1-5-15-29-24(21-11-13-22(14-12-21)31-16-18(2)3)27-28-25(29)32-17-23(30)26-19(4)20-9-7-6-8-10-20/h5-14,18-19H,1,15-17H2,2-4H3,(H,26,30). The summed E-state index contributed by atoms with van der Waals surface area (Å²) >= 11 is 1.37. The van der Waals surface area contributed by atoms with E-state index in [1.54, 1.807) is 6.08 Å². The minimum atomic E-state index is -0.0534. The van der Waals surface area contributed by atoms with E-state index in [2.05, 4.69) is 35.9 Å². The molecule has 0 saturated carbocycles. The van der Waals surface area contributed by atoms with E-state index in [1.165, 1.54) is 11.8 Å². The fourth-order valence-corrected chi connectivity index (χ4v) is 3.86. The van der Waals surface area contributed by atoms with Crippen LogP contribution in [0.25, 0.3) is 11.4 Å². The van der Waals surface area contributed by atoms with Crippen molar-refractivity contribution in [2.24, 2.45) is 5.92 Å². The molecule has 0 spiro atoms. The average molecular weight is 451 g/mol. The second kappa shape index (κ2) is 11.5. The average Bonchev–Trinajstić information content (AvgIpc) is 3.20. The first-order valence-electron chi connectivity index (χ1n) is 10.7.